The van der Waals surface area contributed by atoms with Crippen LogP contribution in [-0.2, 0) is 0 Å². The average Bonchev–Trinajstić information content (AvgIpc) is 2.34. The van der Waals surface area contributed by atoms with Crippen molar-refractivity contribution in [1.82, 2.24) is 4.90 Å². The van der Waals surface area contributed by atoms with Crippen molar-refractivity contribution in [3.8, 4) is 0 Å². The van der Waals surface area contributed by atoms with Crippen LogP contribution in [0.3, 0.4) is 0 Å². The van der Waals surface area contributed by atoms with Crippen molar-refractivity contribution >= 4 is 0 Å². The van der Waals surface area contributed by atoms with E-state index in [4.69, 9.17) is 0 Å². The van der Waals surface area contributed by atoms with Crippen molar-refractivity contribution in [3.05, 3.63) is 5.92 Å². The lowest BCUT2D eigenvalue weighted by Crippen LogP contribution is -2.14. The van der Waals surface area contributed by atoms with E-state index in [9.17, 15) is 0 Å². The maximum Gasteiger partial charge on any atom is -0.00193 e. The smallest absolute Gasteiger partial charge is 0.00193 e. The molecule has 0 unspecified atom stereocenters. The minimum atomic E-state index is 1.25. The molecule has 59 valence electrons. The summed E-state index contributed by atoms with van der Waals surface area (Å²) in [7, 11) is 4.30. The van der Waals surface area contributed by atoms with Crippen LogP contribution in [-0.4, -0.2) is 25.5 Å². The third-order valence-corrected chi connectivity index (χ3v) is 2.22. The van der Waals surface area contributed by atoms with Crippen molar-refractivity contribution < 1.29 is 0 Å². The highest BCUT2D eigenvalue weighted by atomic mass is 15.0. The summed E-state index contributed by atoms with van der Waals surface area (Å²) in [5.41, 5.74) is 0. The molecule has 0 atom stereocenters. The Hall–Kier alpha value is -0.0400. The Balaban J connectivity index is 2.01. The molecule has 0 bridgehead atoms. The van der Waals surface area contributed by atoms with E-state index >= 15 is 0 Å². The third-order valence-electron chi connectivity index (χ3n) is 2.22. The Bertz CT molecular complexity index is 82.7. The molecular weight excluding hydrogens is 122 g/mol. The highest BCUT2D eigenvalue weighted by Crippen LogP contribution is 2.29. The molecule has 1 aliphatic rings. The molecule has 0 aliphatic heterocycles. The largest absolute Gasteiger partial charge is 0.309 e. The molecule has 0 N–H and O–H groups in total. The van der Waals surface area contributed by atoms with Crippen LogP contribution in [0.25, 0.3) is 0 Å². The quantitative estimate of drug-likeness (QED) is 0.580. The average molecular weight is 140 g/mol. The standard InChI is InChI=1S/C9H18N/c1-10(2)8-7-9-5-3-4-6-9/h3-8H2,1-2H3. The Morgan fingerprint density at radius 3 is 2.30 bits per heavy atom. The van der Waals surface area contributed by atoms with Crippen LogP contribution < -0.4 is 0 Å². The first-order valence-electron chi connectivity index (χ1n) is 4.27. The summed E-state index contributed by atoms with van der Waals surface area (Å²) in [4.78, 5) is 2.27. The molecule has 1 rings (SSSR count). The number of nitrogens with zero attached hydrogens (tertiary/aromatic N) is 1. The van der Waals surface area contributed by atoms with Crippen molar-refractivity contribution in [1.29, 1.82) is 0 Å². The van der Waals surface area contributed by atoms with Gasteiger partial charge in [0, 0.05) is 0 Å². The number of hydrogen-bond acceptors (Lipinski definition) is 1. The third kappa shape index (κ3) is 2.70. The lowest BCUT2D eigenvalue weighted by Gasteiger charge is -2.12. The van der Waals surface area contributed by atoms with Crippen LogP contribution >= 0.6 is 0 Å². The molecule has 1 fully saturated rings. The van der Waals surface area contributed by atoms with E-state index in [1.54, 1.807) is 5.92 Å². The molecule has 1 radical (unpaired) electrons. The lowest BCUT2D eigenvalue weighted by atomic mass is 10.0. The molecule has 0 aromatic carbocycles. The monoisotopic (exact) mass is 140 g/mol. The molecule has 0 heterocycles. The zero-order valence-electron chi connectivity index (χ0n) is 7.19. The van der Waals surface area contributed by atoms with Crippen LogP contribution in [0.2, 0.25) is 0 Å². The molecule has 0 saturated heterocycles. The summed E-state index contributed by atoms with van der Waals surface area (Å²) in [5, 5.41) is 0. The normalized spacial score (nSPS) is 20.7. The first kappa shape index (κ1) is 8.06. The fourth-order valence-corrected chi connectivity index (χ4v) is 1.51. The fraction of sp³-hybridized carbons (Fsp3) is 0.889. The van der Waals surface area contributed by atoms with Gasteiger partial charge in [-0.2, -0.15) is 0 Å². The highest BCUT2D eigenvalue weighted by molar-refractivity contribution is 4.94. The van der Waals surface area contributed by atoms with Crippen molar-refractivity contribution in [2.75, 3.05) is 20.6 Å². The van der Waals surface area contributed by atoms with Gasteiger partial charge in [0.15, 0.2) is 0 Å². The van der Waals surface area contributed by atoms with Crippen molar-refractivity contribution in [3.63, 3.8) is 0 Å². The molecule has 1 aliphatic carbocycles. The van der Waals surface area contributed by atoms with E-state index in [2.05, 4.69) is 19.0 Å². The van der Waals surface area contributed by atoms with Crippen LogP contribution in [0.15, 0.2) is 0 Å². The Labute approximate surface area is 64.4 Å². The van der Waals surface area contributed by atoms with E-state index < -0.39 is 0 Å². The minimum Gasteiger partial charge on any atom is -0.309 e. The first-order chi connectivity index (χ1) is 4.79. The summed E-state index contributed by atoms with van der Waals surface area (Å²) in [5.74, 6) is 1.80. The van der Waals surface area contributed by atoms with E-state index in [0.29, 0.717) is 0 Å². The zero-order valence-corrected chi connectivity index (χ0v) is 7.19. The van der Waals surface area contributed by atoms with Crippen LogP contribution in [0, 0.1) is 5.92 Å². The molecule has 0 spiro atoms. The molecule has 0 amide bonds. The molecule has 0 aromatic heterocycles. The fourth-order valence-electron chi connectivity index (χ4n) is 1.51. The van der Waals surface area contributed by atoms with Gasteiger partial charge in [-0.05, 0) is 45.8 Å². The predicted octanol–water partition coefficient (Wildman–Crippen LogP) is 2.09. The van der Waals surface area contributed by atoms with Crippen LogP contribution in [0.5, 0.6) is 0 Å². The first-order valence-corrected chi connectivity index (χ1v) is 4.27. The lowest BCUT2D eigenvalue weighted by molar-refractivity contribution is 0.401. The van der Waals surface area contributed by atoms with Gasteiger partial charge >= 0.3 is 0 Å². The topological polar surface area (TPSA) is 3.24 Å². The summed E-state index contributed by atoms with van der Waals surface area (Å²) in [6, 6.07) is 0. The number of hydrogen-bond donors (Lipinski definition) is 0. The van der Waals surface area contributed by atoms with Gasteiger partial charge in [-0.1, -0.05) is 12.8 Å². The minimum absolute atomic E-state index is 1.25. The molecule has 1 heteroatoms. The van der Waals surface area contributed by atoms with Crippen molar-refractivity contribution in [2.24, 2.45) is 0 Å². The Morgan fingerprint density at radius 1 is 1.20 bits per heavy atom. The predicted molar refractivity (Wildman–Crippen MR) is 44.9 cm³/mol. The zero-order chi connectivity index (χ0) is 7.40. The Morgan fingerprint density at radius 2 is 1.80 bits per heavy atom. The summed E-state index contributed by atoms with van der Waals surface area (Å²) in [6.07, 6.45) is 7.06. The second-order valence-electron chi connectivity index (χ2n) is 3.51. The summed E-state index contributed by atoms with van der Waals surface area (Å²) in [6.45, 7) is 1.25. The van der Waals surface area contributed by atoms with Gasteiger partial charge in [-0.3, -0.25) is 0 Å². The van der Waals surface area contributed by atoms with Gasteiger partial charge in [-0.15, -0.1) is 0 Å². The van der Waals surface area contributed by atoms with Gasteiger partial charge in [0.1, 0.15) is 0 Å². The summed E-state index contributed by atoms with van der Waals surface area (Å²) >= 11 is 0. The van der Waals surface area contributed by atoms with E-state index in [1.807, 2.05) is 0 Å². The van der Waals surface area contributed by atoms with Gasteiger partial charge in [-0.25, -0.2) is 0 Å². The maximum atomic E-state index is 2.27. The van der Waals surface area contributed by atoms with E-state index in [-0.39, 0.29) is 0 Å². The molecule has 1 nitrogen and oxygen atoms in total. The van der Waals surface area contributed by atoms with E-state index in [1.165, 1.54) is 38.6 Å². The molecule has 10 heavy (non-hydrogen) atoms. The molecule has 1 saturated carbocycles. The van der Waals surface area contributed by atoms with Gasteiger partial charge in [0.2, 0.25) is 0 Å². The van der Waals surface area contributed by atoms with Gasteiger partial charge in [0.25, 0.3) is 0 Å². The summed E-state index contributed by atoms with van der Waals surface area (Å²) < 4.78 is 0. The van der Waals surface area contributed by atoms with E-state index in [0.717, 1.165) is 0 Å². The number of rotatable bonds is 3. The van der Waals surface area contributed by atoms with Gasteiger partial charge in [0.05, 0.1) is 0 Å². The van der Waals surface area contributed by atoms with Crippen LogP contribution in [0.4, 0.5) is 0 Å². The Kier molecular flexibility index (Phi) is 3.20. The molecule has 0 aromatic rings. The SMILES string of the molecule is CN(C)CC[C]1CCCC1. The van der Waals surface area contributed by atoms with Crippen molar-refractivity contribution in [2.45, 2.75) is 32.1 Å². The second-order valence-corrected chi connectivity index (χ2v) is 3.51. The van der Waals surface area contributed by atoms with Crippen LogP contribution in [0.1, 0.15) is 32.1 Å². The molecular formula is C9H18N. The second kappa shape index (κ2) is 3.97. The van der Waals surface area contributed by atoms with Gasteiger partial charge < -0.3 is 4.90 Å². The highest BCUT2D eigenvalue weighted by Gasteiger charge is 2.14. The maximum absolute atomic E-state index is 2.27.